The third-order valence-corrected chi connectivity index (χ3v) is 5.03. The van der Waals surface area contributed by atoms with Crippen LogP contribution in [0, 0.1) is 10.1 Å². The van der Waals surface area contributed by atoms with Crippen molar-refractivity contribution in [2.24, 2.45) is 5.10 Å². The highest BCUT2D eigenvalue weighted by atomic mass is 16.6. The molecule has 168 valence electrons. The quantitative estimate of drug-likeness (QED) is 0.224. The maximum atomic E-state index is 12.4. The van der Waals surface area contributed by atoms with Crippen molar-refractivity contribution in [3.8, 4) is 5.75 Å². The van der Waals surface area contributed by atoms with E-state index in [-0.39, 0.29) is 17.0 Å². The predicted octanol–water partition coefficient (Wildman–Crippen LogP) is 4.47. The summed E-state index contributed by atoms with van der Waals surface area (Å²) in [6.07, 6.45) is 1.38. The van der Waals surface area contributed by atoms with Crippen molar-refractivity contribution in [3.05, 3.63) is 112 Å². The number of phenolic OH excluding ortho intramolecular Hbond substituents is 1. The molecule has 0 radical (unpaired) electrons. The number of nitro benzene ring substituents is 1. The second-order valence-corrected chi connectivity index (χ2v) is 7.26. The van der Waals surface area contributed by atoms with Gasteiger partial charge in [-0.2, -0.15) is 5.10 Å². The van der Waals surface area contributed by atoms with Crippen molar-refractivity contribution >= 4 is 40.2 Å². The number of hydrogen-bond donors (Lipinski definition) is 3. The van der Waals surface area contributed by atoms with Gasteiger partial charge in [0.2, 0.25) is 0 Å². The van der Waals surface area contributed by atoms with Crippen LogP contribution in [-0.2, 0) is 0 Å². The van der Waals surface area contributed by atoms with E-state index < -0.39 is 16.7 Å². The molecular weight excluding hydrogens is 436 g/mol. The Labute approximate surface area is 193 Å². The van der Waals surface area contributed by atoms with Crippen LogP contribution in [0.1, 0.15) is 26.3 Å². The minimum atomic E-state index is -0.575. The number of aromatic hydroxyl groups is 1. The molecule has 4 aromatic carbocycles. The summed E-state index contributed by atoms with van der Waals surface area (Å²) in [5, 5.41) is 29.3. The fourth-order valence-electron chi connectivity index (χ4n) is 3.31. The number of rotatable bonds is 6. The Morgan fingerprint density at radius 2 is 1.65 bits per heavy atom. The van der Waals surface area contributed by atoms with E-state index in [2.05, 4.69) is 15.8 Å². The lowest BCUT2D eigenvalue weighted by molar-refractivity contribution is -0.384. The Kier molecular flexibility index (Phi) is 6.26. The molecule has 0 atom stereocenters. The van der Waals surface area contributed by atoms with Crippen LogP contribution in [0.5, 0.6) is 5.75 Å². The van der Waals surface area contributed by atoms with Gasteiger partial charge < -0.3 is 10.4 Å². The number of non-ortho nitro benzene ring substituents is 1. The number of hydrogen-bond acceptors (Lipinski definition) is 6. The number of nitro groups is 1. The van der Waals surface area contributed by atoms with E-state index >= 15 is 0 Å². The van der Waals surface area contributed by atoms with Crippen molar-refractivity contribution in [1.82, 2.24) is 5.43 Å². The van der Waals surface area contributed by atoms with E-state index in [1.165, 1.54) is 54.7 Å². The van der Waals surface area contributed by atoms with Gasteiger partial charge in [0.15, 0.2) is 0 Å². The van der Waals surface area contributed by atoms with Gasteiger partial charge in [-0.25, -0.2) is 5.43 Å². The number of hydrazone groups is 1. The number of phenols is 1. The smallest absolute Gasteiger partial charge is 0.271 e. The lowest BCUT2D eigenvalue weighted by Gasteiger charge is -2.07. The number of benzene rings is 4. The highest BCUT2D eigenvalue weighted by Crippen LogP contribution is 2.25. The molecule has 0 heterocycles. The van der Waals surface area contributed by atoms with Gasteiger partial charge in [0, 0.05) is 34.5 Å². The van der Waals surface area contributed by atoms with Gasteiger partial charge in [-0.1, -0.05) is 36.4 Å². The first-order chi connectivity index (χ1) is 16.4. The van der Waals surface area contributed by atoms with Gasteiger partial charge in [0.1, 0.15) is 5.75 Å². The number of fused-ring (bicyclic) bond motifs is 1. The third-order valence-electron chi connectivity index (χ3n) is 5.03. The molecule has 0 aliphatic heterocycles. The average Bonchev–Trinajstić information content (AvgIpc) is 2.85. The SMILES string of the molecule is O=C(N/N=C\c1c(O)ccc2ccccc12)c1ccc(NC(=O)c2cccc([N+](=O)[O-])c2)cc1. The molecule has 9 heteroatoms. The second kappa shape index (κ2) is 9.61. The lowest BCUT2D eigenvalue weighted by Crippen LogP contribution is -2.18. The summed E-state index contributed by atoms with van der Waals surface area (Å²) in [4.78, 5) is 35.1. The van der Waals surface area contributed by atoms with E-state index in [0.717, 1.165) is 10.8 Å². The molecule has 3 N–H and O–H groups in total. The van der Waals surface area contributed by atoms with E-state index in [4.69, 9.17) is 0 Å². The fraction of sp³-hybridized carbons (Fsp3) is 0. The van der Waals surface area contributed by atoms with Crippen LogP contribution in [0.15, 0.2) is 90.0 Å². The molecule has 0 spiro atoms. The van der Waals surface area contributed by atoms with Crippen molar-refractivity contribution < 1.29 is 19.6 Å². The first kappa shape index (κ1) is 22.2. The van der Waals surface area contributed by atoms with Gasteiger partial charge in [0.05, 0.1) is 11.1 Å². The van der Waals surface area contributed by atoms with Crippen LogP contribution in [0.3, 0.4) is 0 Å². The largest absolute Gasteiger partial charge is 0.507 e. The van der Waals surface area contributed by atoms with Crippen LogP contribution in [0.25, 0.3) is 10.8 Å². The molecule has 0 aliphatic carbocycles. The zero-order valence-electron chi connectivity index (χ0n) is 17.6. The van der Waals surface area contributed by atoms with Gasteiger partial charge >= 0.3 is 0 Å². The Bertz CT molecular complexity index is 1430. The molecule has 0 bridgehead atoms. The number of nitrogens with zero attached hydrogens (tertiary/aromatic N) is 2. The molecule has 0 unspecified atom stereocenters. The Balaban J connectivity index is 1.41. The van der Waals surface area contributed by atoms with Gasteiger partial charge in [-0.3, -0.25) is 19.7 Å². The van der Waals surface area contributed by atoms with Gasteiger partial charge in [-0.15, -0.1) is 0 Å². The molecule has 34 heavy (non-hydrogen) atoms. The van der Waals surface area contributed by atoms with Crippen LogP contribution in [0.2, 0.25) is 0 Å². The van der Waals surface area contributed by atoms with E-state index in [0.29, 0.717) is 16.8 Å². The minimum Gasteiger partial charge on any atom is -0.507 e. The zero-order valence-corrected chi connectivity index (χ0v) is 17.6. The number of anilines is 1. The van der Waals surface area contributed by atoms with Crippen molar-refractivity contribution in [2.45, 2.75) is 0 Å². The van der Waals surface area contributed by atoms with Crippen molar-refractivity contribution in [1.29, 1.82) is 0 Å². The molecule has 0 aromatic heterocycles. The molecular formula is C25H18N4O5. The second-order valence-electron chi connectivity index (χ2n) is 7.26. The lowest BCUT2D eigenvalue weighted by atomic mass is 10.0. The average molecular weight is 454 g/mol. The summed E-state index contributed by atoms with van der Waals surface area (Å²) in [5.74, 6) is -0.950. The molecule has 0 fully saturated rings. The summed E-state index contributed by atoms with van der Waals surface area (Å²) in [5.41, 5.74) is 3.56. The molecule has 4 rings (SSSR count). The zero-order chi connectivity index (χ0) is 24.1. The van der Waals surface area contributed by atoms with Crippen LogP contribution >= 0.6 is 0 Å². The van der Waals surface area contributed by atoms with E-state index in [9.17, 15) is 24.8 Å². The topological polar surface area (TPSA) is 134 Å². The van der Waals surface area contributed by atoms with Gasteiger partial charge in [0.25, 0.3) is 17.5 Å². The summed E-state index contributed by atoms with van der Waals surface area (Å²) in [6, 6.07) is 22.3. The first-order valence-electron chi connectivity index (χ1n) is 10.1. The molecule has 4 aromatic rings. The maximum absolute atomic E-state index is 12.4. The number of carbonyl (C=O) groups is 2. The van der Waals surface area contributed by atoms with Crippen LogP contribution in [0.4, 0.5) is 11.4 Å². The van der Waals surface area contributed by atoms with Crippen LogP contribution in [-0.4, -0.2) is 28.1 Å². The first-order valence-corrected chi connectivity index (χ1v) is 10.1. The monoisotopic (exact) mass is 454 g/mol. The highest BCUT2D eigenvalue weighted by molar-refractivity contribution is 6.05. The normalized spacial score (nSPS) is 10.8. The number of nitrogens with one attached hydrogen (secondary N) is 2. The molecule has 0 aliphatic rings. The predicted molar refractivity (Wildman–Crippen MR) is 128 cm³/mol. The summed E-state index contributed by atoms with van der Waals surface area (Å²) >= 11 is 0. The summed E-state index contributed by atoms with van der Waals surface area (Å²) in [6.45, 7) is 0. The molecule has 0 saturated carbocycles. The fourth-order valence-corrected chi connectivity index (χ4v) is 3.31. The molecule has 9 nitrogen and oxygen atoms in total. The standard InChI is InChI=1S/C25H18N4O5/c30-23-13-10-16-4-1-2-7-21(16)22(23)15-26-28-25(32)17-8-11-19(12-9-17)27-24(31)18-5-3-6-20(14-18)29(33)34/h1-15,30H,(H,27,31)(H,28,32)/b26-15-. The van der Waals surface area contributed by atoms with E-state index in [1.54, 1.807) is 12.1 Å². The maximum Gasteiger partial charge on any atom is 0.271 e. The summed E-state index contributed by atoms with van der Waals surface area (Å²) in [7, 11) is 0. The van der Waals surface area contributed by atoms with Crippen molar-refractivity contribution in [3.63, 3.8) is 0 Å². The third kappa shape index (κ3) is 4.89. The number of carbonyl (C=O) groups excluding carboxylic acids is 2. The van der Waals surface area contributed by atoms with Crippen molar-refractivity contribution in [2.75, 3.05) is 5.32 Å². The minimum absolute atomic E-state index is 0.0422. The Hall–Kier alpha value is -5.05. The molecule has 2 amide bonds. The van der Waals surface area contributed by atoms with Crippen LogP contribution < -0.4 is 10.7 Å². The molecule has 0 saturated heterocycles. The highest BCUT2D eigenvalue weighted by Gasteiger charge is 2.12. The summed E-state index contributed by atoms with van der Waals surface area (Å²) < 4.78 is 0. The Morgan fingerprint density at radius 1 is 0.882 bits per heavy atom. The van der Waals surface area contributed by atoms with Gasteiger partial charge in [-0.05, 0) is 47.2 Å². The number of amides is 2. The van der Waals surface area contributed by atoms with E-state index in [1.807, 2.05) is 24.3 Å². The Morgan fingerprint density at radius 3 is 2.41 bits per heavy atom.